The van der Waals surface area contributed by atoms with Crippen molar-refractivity contribution in [1.82, 2.24) is 25.0 Å². The zero-order valence-electron chi connectivity index (χ0n) is 17.3. The summed E-state index contributed by atoms with van der Waals surface area (Å²) in [7, 11) is 0. The first kappa shape index (κ1) is 20.8. The minimum Gasteiger partial charge on any atom is -0.352 e. The zero-order chi connectivity index (χ0) is 22.2. The minimum absolute atomic E-state index is 0.0555. The number of thiophene rings is 1. The maximum absolute atomic E-state index is 13.1. The summed E-state index contributed by atoms with van der Waals surface area (Å²) in [6.45, 7) is 1.76. The van der Waals surface area contributed by atoms with E-state index in [-0.39, 0.29) is 24.1 Å². The lowest BCUT2D eigenvalue weighted by Crippen LogP contribution is -2.37. The molecule has 0 saturated heterocycles. The lowest BCUT2D eigenvalue weighted by Gasteiger charge is -2.12. The van der Waals surface area contributed by atoms with Crippen molar-refractivity contribution >= 4 is 39.1 Å². The quantitative estimate of drug-likeness (QED) is 0.470. The molecule has 0 atom stereocenters. The Balaban J connectivity index is 1.45. The normalized spacial score (nSPS) is 14.3. The van der Waals surface area contributed by atoms with Gasteiger partial charge in [0.15, 0.2) is 0 Å². The van der Waals surface area contributed by atoms with Gasteiger partial charge < -0.3 is 9.84 Å². The van der Waals surface area contributed by atoms with Gasteiger partial charge in [-0.05, 0) is 37.5 Å². The fraction of sp³-hybridized carbons (Fsp3) is 0.318. The van der Waals surface area contributed by atoms with Crippen LogP contribution < -0.4 is 10.9 Å². The lowest BCUT2D eigenvalue weighted by molar-refractivity contribution is -0.122. The van der Waals surface area contributed by atoms with E-state index in [0.717, 1.165) is 25.7 Å². The second-order valence-corrected chi connectivity index (χ2v) is 9.27. The van der Waals surface area contributed by atoms with Crippen molar-refractivity contribution in [3.05, 3.63) is 51.5 Å². The van der Waals surface area contributed by atoms with E-state index in [1.807, 2.05) is 25.1 Å². The van der Waals surface area contributed by atoms with Crippen molar-refractivity contribution in [3.63, 3.8) is 0 Å². The SMILES string of the molecule is Cc1c(-c2nc(-c3ccccc3Cl)no2)sc2ncn(CC(=O)NC3CCCC3)c(=O)c12. The molecule has 0 spiro atoms. The molecule has 0 aliphatic heterocycles. The first-order valence-corrected chi connectivity index (χ1v) is 11.6. The molecule has 4 aromatic rings. The molecule has 164 valence electrons. The molecule has 8 nitrogen and oxygen atoms in total. The van der Waals surface area contributed by atoms with Gasteiger partial charge in [0.05, 0.1) is 21.6 Å². The predicted octanol–water partition coefficient (Wildman–Crippen LogP) is 4.20. The third-order valence-corrected chi connectivity index (χ3v) is 7.20. The van der Waals surface area contributed by atoms with Crippen molar-refractivity contribution in [3.8, 4) is 22.2 Å². The van der Waals surface area contributed by atoms with Crippen LogP contribution >= 0.6 is 22.9 Å². The third-order valence-electron chi connectivity index (χ3n) is 5.69. The second kappa shape index (κ2) is 8.48. The molecule has 0 radical (unpaired) electrons. The Morgan fingerprint density at radius 2 is 2.09 bits per heavy atom. The van der Waals surface area contributed by atoms with E-state index >= 15 is 0 Å². The van der Waals surface area contributed by atoms with Crippen LogP contribution in [0.4, 0.5) is 0 Å². The standard InChI is InChI=1S/C22H20ClN5O3S/c1-12-17-21(24-11-28(22(17)30)10-16(29)25-13-6-2-3-7-13)32-18(12)20-26-19(27-31-20)14-8-4-5-9-15(14)23/h4-5,8-9,11,13H,2-3,6-7,10H2,1H3,(H,25,29). The first-order chi connectivity index (χ1) is 15.5. The fourth-order valence-corrected chi connectivity index (χ4v) is 5.32. The van der Waals surface area contributed by atoms with Crippen LogP contribution in [0, 0.1) is 6.92 Å². The number of nitrogens with zero attached hydrogens (tertiary/aromatic N) is 4. The third kappa shape index (κ3) is 3.82. The average Bonchev–Trinajstić information content (AvgIpc) is 3.51. The van der Waals surface area contributed by atoms with E-state index < -0.39 is 0 Å². The fourth-order valence-electron chi connectivity index (χ4n) is 4.04. The maximum Gasteiger partial charge on any atom is 0.268 e. The van der Waals surface area contributed by atoms with Crippen LogP contribution in [0.3, 0.4) is 0 Å². The van der Waals surface area contributed by atoms with Gasteiger partial charge in [0.25, 0.3) is 11.4 Å². The maximum atomic E-state index is 13.1. The van der Waals surface area contributed by atoms with Crippen molar-refractivity contribution in [2.45, 2.75) is 45.2 Å². The average molecular weight is 470 g/mol. The number of carbonyl (C=O) groups is 1. The molecule has 1 fully saturated rings. The van der Waals surface area contributed by atoms with Gasteiger partial charge in [-0.15, -0.1) is 11.3 Å². The Morgan fingerprint density at radius 3 is 2.88 bits per heavy atom. The van der Waals surface area contributed by atoms with E-state index in [1.54, 1.807) is 6.07 Å². The molecule has 0 bridgehead atoms. The Labute approximate surface area is 192 Å². The molecule has 32 heavy (non-hydrogen) atoms. The van der Waals surface area contributed by atoms with Crippen LogP contribution in [0.2, 0.25) is 5.02 Å². The first-order valence-electron chi connectivity index (χ1n) is 10.4. The van der Waals surface area contributed by atoms with E-state index in [4.69, 9.17) is 16.1 Å². The largest absolute Gasteiger partial charge is 0.352 e. The van der Waals surface area contributed by atoms with Crippen molar-refractivity contribution in [2.75, 3.05) is 0 Å². The second-order valence-electron chi connectivity index (χ2n) is 7.87. The van der Waals surface area contributed by atoms with Crippen LogP contribution in [-0.2, 0) is 11.3 Å². The van der Waals surface area contributed by atoms with Crippen molar-refractivity contribution in [1.29, 1.82) is 0 Å². The molecule has 1 saturated carbocycles. The monoisotopic (exact) mass is 469 g/mol. The molecule has 1 aliphatic carbocycles. The molecule has 5 rings (SSSR count). The van der Waals surface area contributed by atoms with Crippen LogP contribution in [-0.4, -0.2) is 31.6 Å². The van der Waals surface area contributed by atoms with Gasteiger partial charge in [0.2, 0.25) is 11.7 Å². The number of nitrogens with one attached hydrogen (secondary N) is 1. The number of amides is 1. The molecule has 1 amide bonds. The number of benzene rings is 1. The van der Waals surface area contributed by atoms with E-state index in [0.29, 0.717) is 43.0 Å². The molecule has 3 heterocycles. The van der Waals surface area contributed by atoms with Gasteiger partial charge in [-0.25, -0.2) is 4.98 Å². The number of fused-ring (bicyclic) bond motifs is 1. The number of aromatic nitrogens is 4. The van der Waals surface area contributed by atoms with Gasteiger partial charge in [-0.1, -0.05) is 41.7 Å². The van der Waals surface area contributed by atoms with Crippen LogP contribution in [0.1, 0.15) is 31.2 Å². The van der Waals surface area contributed by atoms with E-state index in [9.17, 15) is 9.59 Å². The number of hydrogen-bond acceptors (Lipinski definition) is 7. The van der Waals surface area contributed by atoms with Crippen LogP contribution in [0.25, 0.3) is 32.4 Å². The molecule has 1 N–H and O–H groups in total. The Hall–Kier alpha value is -3.04. The highest BCUT2D eigenvalue weighted by molar-refractivity contribution is 7.22. The van der Waals surface area contributed by atoms with Crippen LogP contribution in [0.15, 0.2) is 39.9 Å². The molecule has 10 heteroatoms. The minimum atomic E-state index is -0.262. The lowest BCUT2D eigenvalue weighted by atomic mass is 10.2. The van der Waals surface area contributed by atoms with Crippen molar-refractivity contribution < 1.29 is 9.32 Å². The van der Waals surface area contributed by atoms with Crippen LogP contribution in [0.5, 0.6) is 0 Å². The number of hydrogen-bond donors (Lipinski definition) is 1. The highest BCUT2D eigenvalue weighted by Gasteiger charge is 2.22. The highest BCUT2D eigenvalue weighted by atomic mass is 35.5. The summed E-state index contributed by atoms with van der Waals surface area (Å²) in [5, 5.41) is 8.02. The topological polar surface area (TPSA) is 103 Å². The Morgan fingerprint density at radius 1 is 1.31 bits per heavy atom. The van der Waals surface area contributed by atoms with Gasteiger partial charge in [0, 0.05) is 11.6 Å². The smallest absolute Gasteiger partial charge is 0.268 e. The number of carbonyl (C=O) groups excluding carboxylic acids is 1. The predicted molar refractivity (Wildman–Crippen MR) is 123 cm³/mol. The van der Waals surface area contributed by atoms with Gasteiger partial charge in [-0.3, -0.25) is 14.2 Å². The number of aryl methyl sites for hydroxylation is 1. The number of halogens is 1. The van der Waals surface area contributed by atoms with Gasteiger partial charge in [-0.2, -0.15) is 4.98 Å². The summed E-state index contributed by atoms with van der Waals surface area (Å²) in [6, 6.07) is 7.44. The van der Waals surface area contributed by atoms with E-state index in [2.05, 4.69) is 20.4 Å². The van der Waals surface area contributed by atoms with E-state index in [1.165, 1.54) is 22.2 Å². The Kier molecular flexibility index (Phi) is 5.52. The van der Waals surface area contributed by atoms with Crippen molar-refractivity contribution in [2.24, 2.45) is 0 Å². The van der Waals surface area contributed by atoms with Gasteiger partial charge in [0.1, 0.15) is 11.4 Å². The molecule has 3 aromatic heterocycles. The van der Waals surface area contributed by atoms with Gasteiger partial charge >= 0.3 is 0 Å². The summed E-state index contributed by atoms with van der Waals surface area (Å²) in [5.74, 6) is 0.497. The summed E-state index contributed by atoms with van der Waals surface area (Å²) in [4.78, 5) is 35.6. The zero-order valence-corrected chi connectivity index (χ0v) is 18.9. The molecule has 1 aliphatic rings. The Bertz CT molecular complexity index is 1370. The summed E-state index contributed by atoms with van der Waals surface area (Å²) in [6.07, 6.45) is 5.66. The summed E-state index contributed by atoms with van der Waals surface area (Å²) >= 11 is 7.54. The number of rotatable bonds is 5. The molecular formula is C22H20ClN5O3S. The highest BCUT2D eigenvalue weighted by Crippen LogP contribution is 2.36. The summed E-state index contributed by atoms with van der Waals surface area (Å²) in [5.41, 5.74) is 1.10. The molecular weight excluding hydrogens is 450 g/mol. The summed E-state index contributed by atoms with van der Waals surface area (Å²) < 4.78 is 6.82. The molecule has 0 unspecified atom stereocenters. The molecule has 1 aromatic carbocycles.